The molecular formula is C23H20Cl2N2O4S. The number of urea groups is 1. The predicted molar refractivity (Wildman–Crippen MR) is 126 cm³/mol. The number of benzene rings is 3. The second kappa shape index (κ2) is 9.73. The smallest absolute Gasteiger partial charge is 0.308 e. The standard InChI is InChI=1S/C23H20Cl2N2O4S/c1-14-12-21(15(2)11-20(14)25)32(30,31)13-16-7-9-17(10-8-16)26-23(29)27-22(28)18-5-3-4-6-19(18)24/h3-12H,13H2,1-2H3,(H2,26,27,28,29). The molecule has 2 N–H and O–H groups in total. The lowest BCUT2D eigenvalue weighted by Gasteiger charge is -2.11. The third kappa shape index (κ3) is 5.68. The molecule has 3 amide bonds. The molecule has 0 aliphatic heterocycles. The Bertz CT molecular complexity index is 1290. The summed E-state index contributed by atoms with van der Waals surface area (Å²) in [5.41, 5.74) is 2.40. The number of anilines is 1. The summed E-state index contributed by atoms with van der Waals surface area (Å²) in [7, 11) is -3.59. The fraction of sp³-hybridized carbons (Fsp3) is 0.130. The van der Waals surface area contributed by atoms with E-state index in [1.54, 1.807) is 68.4 Å². The predicted octanol–water partition coefficient (Wildman–Crippen LogP) is 5.55. The van der Waals surface area contributed by atoms with Crippen molar-refractivity contribution < 1.29 is 18.0 Å². The van der Waals surface area contributed by atoms with E-state index in [0.717, 1.165) is 0 Å². The van der Waals surface area contributed by atoms with Crippen LogP contribution in [-0.4, -0.2) is 20.4 Å². The zero-order valence-electron chi connectivity index (χ0n) is 17.3. The van der Waals surface area contributed by atoms with E-state index in [1.165, 1.54) is 6.07 Å². The first kappa shape index (κ1) is 23.8. The monoisotopic (exact) mass is 490 g/mol. The summed E-state index contributed by atoms with van der Waals surface area (Å²) in [6, 6.07) is 15.2. The molecule has 6 nitrogen and oxygen atoms in total. The number of halogens is 2. The van der Waals surface area contributed by atoms with Gasteiger partial charge in [-0.1, -0.05) is 47.5 Å². The van der Waals surface area contributed by atoms with E-state index in [0.29, 0.717) is 27.4 Å². The van der Waals surface area contributed by atoms with Crippen LogP contribution in [0.25, 0.3) is 0 Å². The van der Waals surface area contributed by atoms with E-state index in [1.807, 2.05) is 0 Å². The molecule has 0 spiro atoms. The molecule has 0 aliphatic rings. The number of imide groups is 1. The van der Waals surface area contributed by atoms with Gasteiger partial charge in [0.2, 0.25) is 0 Å². The van der Waals surface area contributed by atoms with Crippen molar-refractivity contribution in [3.8, 4) is 0 Å². The van der Waals surface area contributed by atoms with Gasteiger partial charge in [-0.05, 0) is 66.9 Å². The summed E-state index contributed by atoms with van der Waals surface area (Å²) in [4.78, 5) is 24.5. The summed E-state index contributed by atoms with van der Waals surface area (Å²) >= 11 is 12.0. The van der Waals surface area contributed by atoms with Crippen molar-refractivity contribution in [3.63, 3.8) is 0 Å². The minimum absolute atomic E-state index is 0.178. The molecule has 0 aromatic heterocycles. The number of hydrogen-bond donors (Lipinski definition) is 2. The van der Waals surface area contributed by atoms with Gasteiger partial charge in [0.05, 0.1) is 21.2 Å². The summed E-state index contributed by atoms with van der Waals surface area (Å²) in [6.07, 6.45) is 0. The molecule has 3 aromatic carbocycles. The number of amides is 3. The van der Waals surface area contributed by atoms with Crippen molar-refractivity contribution in [1.82, 2.24) is 5.32 Å². The van der Waals surface area contributed by atoms with Crippen molar-refractivity contribution in [1.29, 1.82) is 0 Å². The Kier molecular flexibility index (Phi) is 7.23. The van der Waals surface area contributed by atoms with Crippen molar-refractivity contribution >= 4 is 50.7 Å². The van der Waals surface area contributed by atoms with Gasteiger partial charge in [-0.25, -0.2) is 13.2 Å². The van der Waals surface area contributed by atoms with Crippen LogP contribution in [0.15, 0.2) is 65.6 Å². The van der Waals surface area contributed by atoms with Crippen LogP contribution in [0.1, 0.15) is 27.0 Å². The van der Waals surface area contributed by atoms with Gasteiger partial charge in [0, 0.05) is 10.7 Å². The maximum atomic E-state index is 12.9. The van der Waals surface area contributed by atoms with Crippen LogP contribution in [0.3, 0.4) is 0 Å². The summed E-state index contributed by atoms with van der Waals surface area (Å²) in [5, 5.41) is 5.47. The first-order valence-corrected chi connectivity index (χ1v) is 11.9. The Hall–Kier alpha value is -2.87. The molecule has 0 bridgehead atoms. The molecule has 9 heteroatoms. The number of carbonyl (C=O) groups excluding carboxylic acids is 2. The van der Waals surface area contributed by atoms with E-state index in [-0.39, 0.29) is 21.2 Å². The van der Waals surface area contributed by atoms with Crippen molar-refractivity contribution in [2.75, 3.05) is 5.32 Å². The Labute approximate surface area is 196 Å². The highest BCUT2D eigenvalue weighted by molar-refractivity contribution is 7.90. The van der Waals surface area contributed by atoms with E-state index < -0.39 is 21.8 Å². The average molecular weight is 491 g/mol. The summed E-state index contributed by atoms with van der Waals surface area (Å²) in [5.74, 6) is -0.837. The fourth-order valence-corrected chi connectivity index (χ4v) is 5.18. The molecule has 0 unspecified atom stereocenters. The number of sulfone groups is 1. The molecule has 0 saturated carbocycles. The summed E-state index contributed by atoms with van der Waals surface area (Å²) in [6.45, 7) is 3.45. The van der Waals surface area contributed by atoms with E-state index in [9.17, 15) is 18.0 Å². The highest BCUT2D eigenvalue weighted by Gasteiger charge is 2.19. The Balaban J connectivity index is 1.66. The zero-order valence-corrected chi connectivity index (χ0v) is 19.6. The second-order valence-corrected chi connectivity index (χ2v) is 9.98. The quantitative estimate of drug-likeness (QED) is 0.490. The molecule has 0 aliphatic carbocycles. The number of aryl methyl sites for hydroxylation is 2. The summed E-state index contributed by atoms with van der Waals surface area (Å²) < 4.78 is 25.7. The normalized spacial score (nSPS) is 11.1. The highest BCUT2D eigenvalue weighted by atomic mass is 35.5. The Morgan fingerprint density at radius 3 is 2.19 bits per heavy atom. The molecule has 3 rings (SSSR count). The van der Waals surface area contributed by atoms with Crippen molar-refractivity contribution in [3.05, 3.63) is 93.0 Å². The Morgan fingerprint density at radius 1 is 0.875 bits per heavy atom. The number of hydrogen-bond acceptors (Lipinski definition) is 4. The molecule has 32 heavy (non-hydrogen) atoms. The molecule has 166 valence electrons. The maximum Gasteiger partial charge on any atom is 0.326 e. The third-order valence-electron chi connectivity index (χ3n) is 4.71. The van der Waals surface area contributed by atoms with Crippen molar-refractivity contribution in [2.45, 2.75) is 24.5 Å². The van der Waals surface area contributed by atoms with Crippen LogP contribution in [0.4, 0.5) is 10.5 Å². The van der Waals surface area contributed by atoms with Gasteiger partial charge in [0.15, 0.2) is 9.84 Å². The molecule has 0 fully saturated rings. The molecule has 0 saturated heterocycles. The average Bonchev–Trinajstić information content (AvgIpc) is 2.72. The van der Waals surface area contributed by atoms with Crippen LogP contribution < -0.4 is 10.6 Å². The lowest BCUT2D eigenvalue weighted by molar-refractivity contribution is 0.0967. The van der Waals surface area contributed by atoms with Gasteiger partial charge in [0.1, 0.15) is 0 Å². The SMILES string of the molecule is Cc1cc(S(=O)(=O)Cc2ccc(NC(=O)NC(=O)c3ccccc3Cl)cc2)c(C)cc1Cl. The zero-order chi connectivity index (χ0) is 23.5. The van der Waals surface area contributed by atoms with Gasteiger partial charge < -0.3 is 5.32 Å². The van der Waals surface area contributed by atoms with Crippen LogP contribution in [0, 0.1) is 13.8 Å². The molecular weight excluding hydrogens is 471 g/mol. The lowest BCUT2D eigenvalue weighted by atomic mass is 10.2. The third-order valence-corrected chi connectivity index (χ3v) is 7.27. The first-order chi connectivity index (χ1) is 15.1. The topological polar surface area (TPSA) is 92.3 Å². The van der Waals surface area contributed by atoms with Gasteiger partial charge >= 0.3 is 6.03 Å². The largest absolute Gasteiger partial charge is 0.326 e. The van der Waals surface area contributed by atoms with Gasteiger partial charge in [-0.15, -0.1) is 0 Å². The van der Waals surface area contributed by atoms with Crippen LogP contribution in [0.5, 0.6) is 0 Å². The minimum atomic E-state index is -3.59. The molecule has 3 aromatic rings. The lowest BCUT2D eigenvalue weighted by Crippen LogP contribution is -2.34. The van der Waals surface area contributed by atoms with Crippen LogP contribution in [0.2, 0.25) is 10.0 Å². The van der Waals surface area contributed by atoms with Crippen LogP contribution >= 0.6 is 23.2 Å². The molecule has 0 heterocycles. The fourth-order valence-electron chi connectivity index (χ4n) is 3.05. The maximum absolute atomic E-state index is 12.9. The van der Waals surface area contributed by atoms with Gasteiger partial charge in [-0.2, -0.15) is 0 Å². The van der Waals surface area contributed by atoms with E-state index in [4.69, 9.17) is 23.2 Å². The second-order valence-electron chi connectivity index (χ2n) is 7.21. The van der Waals surface area contributed by atoms with E-state index in [2.05, 4.69) is 10.6 Å². The van der Waals surface area contributed by atoms with Gasteiger partial charge in [0.25, 0.3) is 5.91 Å². The first-order valence-electron chi connectivity index (χ1n) is 9.52. The number of nitrogens with one attached hydrogen (secondary N) is 2. The van der Waals surface area contributed by atoms with Gasteiger partial charge in [-0.3, -0.25) is 10.1 Å². The molecule has 0 atom stereocenters. The molecule has 0 radical (unpaired) electrons. The number of carbonyl (C=O) groups is 2. The van der Waals surface area contributed by atoms with Crippen molar-refractivity contribution in [2.24, 2.45) is 0 Å². The van der Waals surface area contributed by atoms with E-state index >= 15 is 0 Å². The van der Waals surface area contributed by atoms with Crippen LogP contribution in [-0.2, 0) is 15.6 Å². The highest BCUT2D eigenvalue weighted by Crippen LogP contribution is 2.26. The minimum Gasteiger partial charge on any atom is -0.308 e. The number of rotatable bonds is 5. The Morgan fingerprint density at radius 2 is 1.53 bits per heavy atom.